The van der Waals surface area contributed by atoms with E-state index in [0.717, 1.165) is 24.8 Å². The molecule has 20 heavy (non-hydrogen) atoms. The van der Waals surface area contributed by atoms with E-state index in [9.17, 15) is 0 Å². The molecule has 1 aliphatic carbocycles. The first-order valence-corrected chi connectivity index (χ1v) is 6.51. The topological polar surface area (TPSA) is 83.4 Å². The van der Waals surface area contributed by atoms with E-state index in [4.69, 9.17) is 19.7 Å². The lowest BCUT2D eigenvalue weighted by molar-refractivity contribution is 0.181. The van der Waals surface area contributed by atoms with Crippen molar-refractivity contribution >= 4 is 0 Å². The third-order valence-corrected chi connectivity index (χ3v) is 3.71. The Labute approximate surface area is 116 Å². The molecular weight excluding hydrogens is 258 g/mol. The molecule has 1 aromatic carbocycles. The van der Waals surface area contributed by atoms with Crippen molar-refractivity contribution in [1.29, 1.82) is 0 Å². The molecule has 106 valence electrons. The number of benzene rings is 1. The zero-order chi connectivity index (χ0) is 14.2. The van der Waals surface area contributed by atoms with Crippen molar-refractivity contribution in [3.05, 3.63) is 24.1 Å². The number of aromatic nitrogens is 2. The highest BCUT2D eigenvalue weighted by Gasteiger charge is 2.40. The molecule has 1 saturated carbocycles. The fourth-order valence-electron chi connectivity index (χ4n) is 2.25. The molecule has 1 aromatic heterocycles. The Kier molecular flexibility index (Phi) is 3.10. The van der Waals surface area contributed by atoms with Gasteiger partial charge in [-0.1, -0.05) is 5.16 Å². The van der Waals surface area contributed by atoms with Crippen LogP contribution in [0.25, 0.3) is 11.4 Å². The predicted octanol–water partition coefficient (Wildman–Crippen LogP) is 2.09. The minimum atomic E-state index is -0.450. The highest BCUT2D eigenvalue weighted by molar-refractivity contribution is 5.60. The Morgan fingerprint density at radius 2 is 1.80 bits per heavy atom. The van der Waals surface area contributed by atoms with Crippen LogP contribution in [0.5, 0.6) is 11.5 Å². The average molecular weight is 275 g/mol. The van der Waals surface area contributed by atoms with Crippen LogP contribution in [0, 0.1) is 0 Å². The number of hydrogen-bond acceptors (Lipinski definition) is 6. The smallest absolute Gasteiger partial charge is 0.247 e. The minimum absolute atomic E-state index is 0.450. The van der Waals surface area contributed by atoms with Crippen molar-refractivity contribution in [2.24, 2.45) is 5.73 Å². The summed E-state index contributed by atoms with van der Waals surface area (Å²) in [7, 11) is 3.20. The van der Waals surface area contributed by atoms with Crippen LogP contribution in [0.3, 0.4) is 0 Å². The van der Waals surface area contributed by atoms with Gasteiger partial charge in [0.1, 0.15) is 11.5 Å². The fraction of sp³-hybridized carbons (Fsp3) is 0.429. The first-order valence-electron chi connectivity index (χ1n) is 6.51. The second-order valence-corrected chi connectivity index (χ2v) is 5.03. The predicted molar refractivity (Wildman–Crippen MR) is 72.6 cm³/mol. The Balaban J connectivity index is 1.96. The summed E-state index contributed by atoms with van der Waals surface area (Å²) in [6.07, 6.45) is 2.87. The number of methoxy groups -OCH3 is 2. The molecule has 0 unspecified atom stereocenters. The quantitative estimate of drug-likeness (QED) is 0.919. The van der Waals surface area contributed by atoms with Gasteiger partial charge in [-0.3, -0.25) is 0 Å². The highest BCUT2D eigenvalue weighted by Crippen LogP contribution is 2.38. The van der Waals surface area contributed by atoms with Gasteiger partial charge in [-0.2, -0.15) is 4.98 Å². The van der Waals surface area contributed by atoms with Crippen molar-refractivity contribution in [2.45, 2.75) is 24.8 Å². The maximum absolute atomic E-state index is 6.18. The summed E-state index contributed by atoms with van der Waals surface area (Å²) in [4.78, 5) is 4.41. The normalized spacial score (nSPS) is 16.6. The van der Waals surface area contributed by atoms with Gasteiger partial charge >= 0.3 is 0 Å². The molecule has 1 fully saturated rings. The van der Waals surface area contributed by atoms with Crippen LogP contribution in [-0.4, -0.2) is 24.4 Å². The number of rotatable bonds is 4. The Hall–Kier alpha value is -2.08. The summed E-state index contributed by atoms with van der Waals surface area (Å²) in [5, 5.41) is 4.01. The molecule has 1 heterocycles. The monoisotopic (exact) mass is 275 g/mol. The highest BCUT2D eigenvalue weighted by atomic mass is 16.5. The van der Waals surface area contributed by atoms with Crippen LogP contribution in [0.4, 0.5) is 0 Å². The van der Waals surface area contributed by atoms with Crippen LogP contribution in [0.2, 0.25) is 0 Å². The Bertz CT molecular complexity index is 598. The summed E-state index contributed by atoms with van der Waals surface area (Å²) in [5.74, 6) is 2.35. The fourth-order valence-corrected chi connectivity index (χ4v) is 2.25. The van der Waals surface area contributed by atoms with E-state index in [1.54, 1.807) is 20.3 Å². The summed E-state index contributed by atoms with van der Waals surface area (Å²) in [6.45, 7) is 0. The SMILES string of the molecule is COc1cc(OC)cc(-c2noc(C3(N)CCC3)n2)c1. The standard InChI is InChI=1S/C14H17N3O3/c1-18-10-6-9(7-11(8-10)19-2)12-16-13(20-17-12)14(15)4-3-5-14/h6-8H,3-5,15H2,1-2H3. The van der Waals surface area contributed by atoms with E-state index < -0.39 is 5.54 Å². The van der Waals surface area contributed by atoms with Gasteiger partial charge in [0, 0.05) is 11.6 Å². The van der Waals surface area contributed by atoms with E-state index in [1.807, 2.05) is 12.1 Å². The number of ether oxygens (including phenoxy) is 2. The number of nitrogens with zero attached hydrogens (tertiary/aromatic N) is 2. The van der Waals surface area contributed by atoms with Gasteiger partial charge < -0.3 is 19.7 Å². The summed E-state index contributed by atoms with van der Waals surface area (Å²) in [6, 6.07) is 5.46. The summed E-state index contributed by atoms with van der Waals surface area (Å²) < 4.78 is 15.8. The molecule has 0 bridgehead atoms. The molecule has 0 amide bonds. The van der Waals surface area contributed by atoms with E-state index in [-0.39, 0.29) is 0 Å². The van der Waals surface area contributed by atoms with E-state index >= 15 is 0 Å². The lowest BCUT2D eigenvalue weighted by Crippen LogP contribution is -2.43. The molecule has 1 aliphatic rings. The molecule has 0 radical (unpaired) electrons. The van der Waals surface area contributed by atoms with Crippen molar-refractivity contribution in [2.75, 3.05) is 14.2 Å². The molecule has 6 nitrogen and oxygen atoms in total. The van der Waals surface area contributed by atoms with Crippen LogP contribution < -0.4 is 15.2 Å². The molecule has 6 heteroatoms. The second-order valence-electron chi connectivity index (χ2n) is 5.03. The molecule has 0 saturated heterocycles. The first kappa shape index (κ1) is 12.9. The van der Waals surface area contributed by atoms with Gasteiger partial charge in [0.2, 0.25) is 11.7 Å². The van der Waals surface area contributed by atoms with Crippen molar-refractivity contribution in [3.63, 3.8) is 0 Å². The van der Waals surface area contributed by atoms with Gasteiger partial charge in [-0.15, -0.1) is 0 Å². The molecule has 0 aliphatic heterocycles. The zero-order valence-corrected chi connectivity index (χ0v) is 11.5. The molecule has 2 aromatic rings. The number of nitrogens with two attached hydrogens (primary N) is 1. The Morgan fingerprint density at radius 1 is 1.15 bits per heavy atom. The van der Waals surface area contributed by atoms with Gasteiger partial charge in [-0.05, 0) is 31.4 Å². The van der Waals surface area contributed by atoms with E-state index in [0.29, 0.717) is 23.2 Å². The first-order chi connectivity index (χ1) is 9.64. The zero-order valence-electron chi connectivity index (χ0n) is 11.5. The second kappa shape index (κ2) is 4.79. The summed E-state index contributed by atoms with van der Waals surface area (Å²) >= 11 is 0. The molecule has 0 spiro atoms. The van der Waals surface area contributed by atoms with Gasteiger partial charge in [-0.25, -0.2) is 0 Å². The van der Waals surface area contributed by atoms with Crippen molar-refractivity contribution in [1.82, 2.24) is 10.1 Å². The largest absolute Gasteiger partial charge is 0.497 e. The van der Waals surface area contributed by atoms with E-state index in [2.05, 4.69) is 10.1 Å². The van der Waals surface area contributed by atoms with Gasteiger partial charge in [0.15, 0.2) is 0 Å². The maximum atomic E-state index is 6.18. The maximum Gasteiger partial charge on any atom is 0.247 e. The lowest BCUT2D eigenvalue weighted by atomic mass is 9.78. The van der Waals surface area contributed by atoms with Crippen molar-refractivity contribution in [3.8, 4) is 22.9 Å². The van der Waals surface area contributed by atoms with Gasteiger partial charge in [0.25, 0.3) is 0 Å². The molecular formula is C14H17N3O3. The molecule has 0 atom stereocenters. The van der Waals surface area contributed by atoms with Crippen LogP contribution in [0.1, 0.15) is 25.2 Å². The molecule has 2 N–H and O–H groups in total. The third-order valence-electron chi connectivity index (χ3n) is 3.71. The lowest BCUT2D eigenvalue weighted by Gasteiger charge is -2.33. The third kappa shape index (κ3) is 2.12. The van der Waals surface area contributed by atoms with Crippen molar-refractivity contribution < 1.29 is 14.0 Å². The summed E-state index contributed by atoms with van der Waals surface area (Å²) in [5.41, 5.74) is 6.51. The van der Waals surface area contributed by atoms with E-state index in [1.165, 1.54) is 0 Å². The van der Waals surface area contributed by atoms with Crippen LogP contribution in [-0.2, 0) is 5.54 Å². The van der Waals surface area contributed by atoms with Gasteiger partial charge in [0.05, 0.1) is 19.8 Å². The molecule has 3 rings (SSSR count). The number of hydrogen-bond donors (Lipinski definition) is 1. The van der Waals surface area contributed by atoms with Crippen LogP contribution >= 0.6 is 0 Å². The minimum Gasteiger partial charge on any atom is -0.497 e. The average Bonchev–Trinajstić information content (AvgIpc) is 2.94. The Morgan fingerprint density at radius 3 is 2.30 bits per heavy atom. The van der Waals surface area contributed by atoms with Crippen LogP contribution in [0.15, 0.2) is 22.7 Å².